The van der Waals surface area contributed by atoms with E-state index in [1.807, 2.05) is 0 Å². The van der Waals surface area contributed by atoms with Crippen molar-refractivity contribution in [3.05, 3.63) is 5.89 Å². The molecule has 0 radical (unpaired) electrons. The fraction of sp³-hybridized carbons (Fsp3) is 0.750. The smallest absolute Gasteiger partial charge is 0.322 e. The van der Waals surface area contributed by atoms with Crippen molar-refractivity contribution in [1.82, 2.24) is 15.5 Å². The van der Waals surface area contributed by atoms with Crippen molar-refractivity contribution in [2.45, 2.75) is 50.1 Å². The van der Waals surface area contributed by atoms with Gasteiger partial charge in [-0.1, -0.05) is 5.10 Å². The van der Waals surface area contributed by atoms with Gasteiger partial charge in [0.05, 0.1) is 5.92 Å². The molecule has 1 amide bonds. The lowest BCUT2D eigenvalue weighted by molar-refractivity contribution is -0.120. The van der Waals surface area contributed by atoms with E-state index >= 15 is 0 Å². The number of fused-ring (bicyclic) bond motifs is 2. The zero-order valence-corrected chi connectivity index (χ0v) is 10.1. The number of nitrogens with zero attached hydrogens (tertiary/aromatic N) is 2. The van der Waals surface area contributed by atoms with E-state index in [-0.39, 0.29) is 17.8 Å². The van der Waals surface area contributed by atoms with Crippen LogP contribution in [0.1, 0.15) is 43.9 Å². The standard InChI is InChI=1S/C12H16N4O2/c17-10(8-5-7-3-4-9(8)13-7)14-12-16-15-11(18-12)6-1-2-6/h6-9,13H,1-5H2,(H,14,16,17). The summed E-state index contributed by atoms with van der Waals surface area (Å²) in [5, 5.41) is 14.0. The number of aromatic nitrogens is 2. The van der Waals surface area contributed by atoms with Gasteiger partial charge in [-0.15, -0.1) is 5.10 Å². The van der Waals surface area contributed by atoms with Crippen molar-refractivity contribution in [3.63, 3.8) is 0 Å². The molecule has 3 heterocycles. The molecule has 0 spiro atoms. The number of hydrogen-bond acceptors (Lipinski definition) is 5. The molecule has 18 heavy (non-hydrogen) atoms. The summed E-state index contributed by atoms with van der Waals surface area (Å²) in [4.78, 5) is 12.1. The molecule has 3 aliphatic rings. The quantitative estimate of drug-likeness (QED) is 0.835. The topological polar surface area (TPSA) is 80.1 Å². The highest BCUT2D eigenvalue weighted by Crippen LogP contribution is 2.39. The number of carbonyl (C=O) groups is 1. The highest BCUT2D eigenvalue weighted by Gasteiger charge is 2.43. The highest BCUT2D eigenvalue weighted by atomic mass is 16.4. The fourth-order valence-electron chi connectivity index (χ4n) is 3.09. The number of nitrogens with one attached hydrogen (secondary N) is 2. The minimum atomic E-state index is 0.0145. The zero-order chi connectivity index (χ0) is 12.1. The van der Waals surface area contributed by atoms with Crippen LogP contribution < -0.4 is 10.6 Å². The van der Waals surface area contributed by atoms with E-state index in [0.717, 1.165) is 25.7 Å². The van der Waals surface area contributed by atoms with Gasteiger partial charge >= 0.3 is 6.01 Å². The lowest BCUT2D eigenvalue weighted by Gasteiger charge is -2.17. The van der Waals surface area contributed by atoms with E-state index in [9.17, 15) is 4.79 Å². The van der Waals surface area contributed by atoms with Crippen LogP contribution >= 0.6 is 0 Å². The van der Waals surface area contributed by atoms with Crippen LogP contribution in [0.15, 0.2) is 4.42 Å². The molecule has 1 saturated carbocycles. The third-order valence-electron chi connectivity index (χ3n) is 4.23. The van der Waals surface area contributed by atoms with Gasteiger partial charge < -0.3 is 9.73 Å². The second-order valence-corrected chi connectivity index (χ2v) is 5.60. The second-order valence-electron chi connectivity index (χ2n) is 5.60. The number of carbonyl (C=O) groups excluding carboxylic acids is 1. The molecule has 3 unspecified atom stereocenters. The molecule has 1 aromatic rings. The van der Waals surface area contributed by atoms with E-state index in [1.165, 1.54) is 6.42 Å². The minimum absolute atomic E-state index is 0.0145. The van der Waals surface area contributed by atoms with Gasteiger partial charge in [-0.05, 0) is 32.1 Å². The number of rotatable bonds is 3. The monoisotopic (exact) mass is 248 g/mol. The van der Waals surface area contributed by atoms with Crippen LogP contribution in [-0.2, 0) is 4.79 Å². The summed E-state index contributed by atoms with van der Waals surface area (Å²) in [6.07, 6.45) is 5.46. The Hall–Kier alpha value is -1.43. The largest absolute Gasteiger partial charge is 0.408 e. The number of anilines is 1. The van der Waals surface area contributed by atoms with E-state index in [1.54, 1.807) is 0 Å². The summed E-state index contributed by atoms with van der Waals surface area (Å²) in [5.41, 5.74) is 0. The van der Waals surface area contributed by atoms with Gasteiger partial charge in [-0.3, -0.25) is 10.1 Å². The summed E-state index contributed by atoms with van der Waals surface area (Å²) < 4.78 is 5.44. The summed E-state index contributed by atoms with van der Waals surface area (Å²) in [6.45, 7) is 0. The molecule has 2 saturated heterocycles. The molecule has 3 atom stereocenters. The lowest BCUT2D eigenvalue weighted by Crippen LogP contribution is -2.32. The molecule has 6 heteroatoms. The molecule has 1 aliphatic carbocycles. The summed E-state index contributed by atoms with van der Waals surface area (Å²) in [6, 6.07) is 1.11. The van der Waals surface area contributed by atoms with Crippen molar-refractivity contribution >= 4 is 11.9 Å². The first-order chi connectivity index (χ1) is 8.79. The summed E-state index contributed by atoms with van der Waals surface area (Å²) in [7, 11) is 0. The molecule has 2 aliphatic heterocycles. The van der Waals surface area contributed by atoms with Gasteiger partial charge in [-0.2, -0.15) is 0 Å². The molecular weight excluding hydrogens is 232 g/mol. The Kier molecular flexibility index (Phi) is 2.20. The van der Waals surface area contributed by atoms with Crippen LogP contribution in [0.5, 0.6) is 0 Å². The van der Waals surface area contributed by atoms with Crippen LogP contribution in [0.4, 0.5) is 6.01 Å². The Balaban J connectivity index is 1.42. The van der Waals surface area contributed by atoms with Crippen LogP contribution in [0.2, 0.25) is 0 Å². The van der Waals surface area contributed by atoms with Gasteiger partial charge in [0.1, 0.15) is 0 Å². The maximum Gasteiger partial charge on any atom is 0.322 e. The predicted molar refractivity (Wildman–Crippen MR) is 63.0 cm³/mol. The average molecular weight is 248 g/mol. The third-order valence-corrected chi connectivity index (χ3v) is 4.23. The Morgan fingerprint density at radius 1 is 1.28 bits per heavy atom. The van der Waals surface area contributed by atoms with Crippen molar-refractivity contribution in [3.8, 4) is 0 Å². The van der Waals surface area contributed by atoms with Crippen LogP contribution in [0.25, 0.3) is 0 Å². The molecular formula is C12H16N4O2. The summed E-state index contributed by atoms with van der Waals surface area (Å²) in [5.74, 6) is 1.16. The van der Waals surface area contributed by atoms with Crippen LogP contribution in [0, 0.1) is 5.92 Å². The first-order valence-corrected chi connectivity index (χ1v) is 6.70. The Morgan fingerprint density at radius 3 is 2.83 bits per heavy atom. The van der Waals surface area contributed by atoms with Crippen molar-refractivity contribution < 1.29 is 9.21 Å². The van der Waals surface area contributed by atoms with Gasteiger partial charge in [0.2, 0.25) is 11.8 Å². The molecule has 2 N–H and O–H groups in total. The van der Waals surface area contributed by atoms with Crippen molar-refractivity contribution in [2.24, 2.45) is 5.92 Å². The Morgan fingerprint density at radius 2 is 2.17 bits per heavy atom. The van der Waals surface area contributed by atoms with Crippen molar-refractivity contribution in [1.29, 1.82) is 0 Å². The first kappa shape index (κ1) is 10.5. The molecule has 0 aromatic carbocycles. The zero-order valence-electron chi connectivity index (χ0n) is 10.1. The van der Waals surface area contributed by atoms with E-state index in [4.69, 9.17) is 4.42 Å². The second kappa shape index (κ2) is 3.78. The number of hydrogen-bond donors (Lipinski definition) is 2. The van der Waals surface area contributed by atoms with Crippen molar-refractivity contribution in [2.75, 3.05) is 5.32 Å². The van der Waals surface area contributed by atoms with Gasteiger partial charge in [0, 0.05) is 18.0 Å². The molecule has 1 aromatic heterocycles. The summed E-state index contributed by atoms with van der Waals surface area (Å²) >= 11 is 0. The Bertz CT molecular complexity index is 482. The third kappa shape index (κ3) is 1.71. The SMILES string of the molecule is O=C(Nc1nnc(C2CC2)o1)C1CC2CCC1N2. The highest BCUT2D eigenvalue weighted by molar-refractivity contribution is 5.91. The van der Waals surface area contributed by atoms with Gasteiger partial charge in [0.15, 0.2) is 0 Å². The maximum absolute atomic E-state index is 12.1. The minimum Gasteiger partial charge on any atom is -0.408 e. The normalized spacial score (nSPS) is 33.9. The average Bonchev–Trinajstić information content (AvgIpc) is 2.82. The van der Waals surface area contributed by atoms with E-state index < -0.39 is 0 Å². The number of amides is 1. The molecule has 4 rings (SSSR count). The maximum atomic E-state index is 12.1. The molecule has 96 valence electrons. The Labute approximate surface area is 105 Å². The predicted octanol–water partition coefficient (Wildman–Crippen LogP) is 1.03. The van der Waals surface area contributed by atoms with Gasteiger partial charge in [0.25, 0.3) is 0 Å². The van der Waals surface area contributed by atoms with E-state index in [0.29, 0.717) is 23.9 Å². The molecule has 3 fully saturated rings. The fourth-order valence-corrected chi connectivity index (χ4v) is 3.09. The van der Waals surface area contributed by atoms with Crippen LogP contribution in [-0.4, -0.2) is 28.2 Å². The van der Waals surface area contributed by atoms with E-state index in [2.05, 4.69) is 20.8 Å². The molecule has 6 nitrogen and oxygen atoms in total. The molecule has 2 bridgehead atoms. The van der Waals surface area contributed by atoms with Gasteiger partial charge in [-0.25, -0.2) is 0 Å². The first-order valence-electron chi connectivity index (χ1n) is 6.70. The van der Waals surface area contributed by atoms with Crippen LogP contribution in [0.3, 0.4) is 0 Å². The lowest BCUT2D eigenvalue weighted by atomic mass is 9.88.